The van der Waals surface area contributed by atoms with E-state index in [0.29, 0.717) is 28.0 Å². The van der Waals surface area contributed by atoms with Crippen LogP contribution in [0.15, 0.2) is 23.4 Å². The molecule has 118 valence electrons. The fourth-order valence-corrected chi connectivity index (χ4v) is 2.33. The number of anilines is 1. The second kappa shape index (κ2) is 7.55. The lowest BCUT2D eigenvalue weighted by molar-refractivity contribution is -0.113. The normalized spacial score (nSPS) is 10.1. The SMILES string of the molecule is COc1cc(NC(=O)CSc2cn[nH]n2)cc(OC)c1OC. The Balaban J connectivity index is 2.06. The molecule has 9 heteroatoms. The van der Waals surface area contributed by atoms with Gasteiger partial charge in [-0.25, -0.2) is 0 Å². The van der Waals surface area contributed by atoms with Gasteiger partial charge in [-0.05, 0) is 0 Å². The minimum absolute atomic E-state index is 0.178. The third-order valence-corrected chi connectivity index (χ3v) is 3.59. The molecule has 2 N–H and O–H groups in total. The average Bonchev–Trinajstić information content (AvgIpc) is 3.05. The first kappa shape index (κ1) is 16.0. The van der Waals surface area contributed by atoms with Gasteiger partial charge in [-0.2, -0.15) is 10.3 Å². The van der Waals surface area contributed by atoms with Gasteiger partial charge in [0.1, 0.15) is 5.03 Å². The van der Waals surface area contributed by atoms with E-state index in [-0.39, 0.29) is 11.7 Å². The Labute approximate surface area is 131 Å². The molecule has 0 aliphatic heterocycles. The average molecular weight is 324 g/mol. The summed E-state index contributed by atoms with van der Waals surface area (Å²) in [6.07, 6.45) is 1.55. The van der Waals surface area contributed by atoms with Crippen LogP contribution in [0.2, 0.25) is 0 Å². The molecule has 0 atom stereocenters. The summed E-state index contributed by atoms with van der Waals surface area (Å²) in [6.45, 7) is 0. The molecule has 0 spiro atoms. The fourth-order valence-electron chi connectivity index (χ4n) is 1.75. The summed E-state index contributed by atoms with van der Waals surface area (Å²) < 4.78 is 15.7. The number of carbonyl (C=O) groups excluding carboxylic acids is 1. The molecule has 2 rings (SSSR count). The third kappa shape index (κ3) is 3.82. The molecule has 8 nitrogen and oxygen atoms in total. The van der Waals surface area contributed by atoms with E-state index in [1.807, 2.05) is 0 Å². The molecule has 0 saturated carbocycles. The van der Waals surface area contributed by atoms with Gasteiger partial charge in [0.2, 0.25) is 11.7 Å². The monoisotopic (exact) mass is 324 g/mol. The van der Waals surface area contributed by atoms with Gasteiger partial charge in [-0.1, -0.05) is 11.8 Å². The number of rotatable bonds is 7. The number of aromatic amines is 1. The van der Waals surface area contributed by atoms with Crippen LogP contribution in [0.25, 0.3) is 0 Å². The van der Waals surface area contributed by atoms with Gasteiger partial charge in [0.25, 0.3) is 0 Å². The maximum Gasteiger partial charge on any atom is 0.234 e. The van der Waals surface area contributed by atoms with Crippen molar-refractivity contribution in [1.29, 1.82) is 0 Å². The smallest absolute Gasteiger partial charge is 0.234 e. The van der Waals surface area contributed by atoms with E-state index in [4.69, 9.17) is 14.2 Å². The zero-order valence-corrected chi connectivity index (χ0v) is 13.2. The van der Waals surface area contributed by atoms with Gasteiger partial charge in [-0.15, -0.1) is 5.10 Å². The summed E-state index contributed by atoms with van der Waals surface area (Å²) in [5, 5.41) is 13.4. The number of nitrogens with zero attached hydrogens (tertiary/aromatic N) is 2. The van der Waals surface area contributed by atoms with Crippen molar-refractivity contribution in [2.75, 3.05) is 32.4 Å². The van der Waals surface area contributed by atoms with Crippen molar-refractivity contribution in [2.24, 2.45) is 0 Å². The molecular formula is C13H16N4O4S. The van der Waals surface area contributed by atoms with Gasteiger partial charge < -0.3 is 19.5 Å². The minimum atomic E-state index is -0.178. The number of methoxy groups -OCH3 is 3. The highest BCUT2D eigenvalue weighted by Crippen LogP contribution is 2.39. The quantitative estimate of drug-likeness (QED) is 0.746. The highest BCUT2D eigenvalue weighted by Gasteiger charge is 2.14. The molecule has 0 fully saturated rings. The molecule has 0 aliphatic rings. The first-order chi connectivity index (χ1) is 10.7. The number of benzene rings is 1. The zero-order chi connectivity index (χ0) is 15.9. The van der Waals surface area contributed by atoms with Crippen LogP contribution in [-0.4, -0.2) is 48.4 Å². The van der Waals surface area contributed by atoms with Crippen molar-refractivity contribution in [1.82, 2.24) is 15.4 Å². The standard InChI is InChI=1S/C13H16N4O4S/c1-19-9-4-8(5-10(20-2)13(9)21-3)15-11(18)7-22-12-6-14-17-16-12/h4-6H,7H2,1-3H3,(H,15,18)(H,14,16,17). The van der Waals surface area contributed by atoms with Crippen LogP contribution in [0.4, 0.5) is 5.69 Å². The molecule has 0 bridgehead atoms. The van der Waals surface area contributed by atoms with Crippen LogP contribution in [-0.2, 0) is 4.79 Å². The zero-order valence-electron chi connectivity index (χ0n) is 12.4. The van der Waals surface area contributed by atoms with Crippen molar-refractivity contribution < 1.29 is 19.0 Å². The number of carbonyl (C=O) groups is 1. The van der Waals surface area contributed by atoms with Crippen LogP contribution in [0, 0.1) is 0 Å². The van der Waals surface area contributed by atoms with Gasteiger partial charge in [-0.3, -0.25) is 4.79 Å². The molecule has 0 radical (unpaired) electrons. The summed E-state index contributed by atoms with van der Waals surface area (Å²) in [6, 6.07) is 3.33. The number of ether oxygens (including phenoxy) is 3. The molecule has 1 amide bonds. The molecule has 0 saturated heterocycles. The van der Waals surface area contributed by atoms with Crippen molar-refractivity contribution in [2.45, 2.75) is 5.03 Å². The van der Waals surface area contributed by atoms with Crippen LogP contribution in [0.5, 0.6) is 17.2 Å². The molecule has 0 aliphatic carbocycles. The number of hydrogen-bond donors (Lipinski definition) is 2. The summed E-state index contributed by atoms with van der Waals surface area (Å²) in [5.41, 5.74) is 0.556. The van der Waals surface area contributed by atoms with E-state index < -0.39 is 0 Å². The van der Waals surface area contributed by atoms with E-state index >= 15 is 0 Å². The Bertz CT molecular complexity index is 608. The molecule has 2 aromatic rings. The maximum absolute atomic E-state index is 12.0. The lowest BCUT2D eigenvalue weighted by Gasteiger charge is -2.14. The van der Waals surface area contributed by atoms with Crippen LogP contribution < -0.4 is 19.5 Å². The first-order valence-electron chi connectivity index (χ1n) is 6.26. The summed E-state index contributed by atoms with van der Waals surface area (Å²) in [4.78, 5) is 12.0. The highest BCUT2D eigenvalue weighted by atomic mass is 32.2. The van der Waals surface area contributed by atoms with Crippen molar-refractivity contribution >= 4 is 23.4 Å². The topological polar surface area (TPSA) is 98.4 Å². The van der Waals surface area contributed by atoms with Crippen LogP contribution >= 0.6 is 11.8 Å². The predicted molar refractivity (Wildman–Crippen MR) is 81.8 cm³/mol. The number of thioether (sulfide) groups is 1. The van der Waals surface area contributed by atoms with E-state index in [9.17, 15) is 4.79 Å². The molecule has 1 aromatic heterocycles. The number of H-pyrrole nitrogens is 1. The molecule has 1 heterocycles. The Morgan fingerprint density at radius 1 is 1.23 bits per heavy atom. The second-order valence-electron chi connectivity index (χ2n) is 4.06. The molecular weight excluding hydrogens is 308 g/mol. The molecule has 1 aromatic carbocycles. The summed E-state index contributed by atoms with van der Waals surface area (Å²) >= 11 is 1.28. The number of amides is 1. The molecule has 0 unspecified atom stereocenters. The van der Waals surface area contributed by atoms with E-state index in [1.165, 1.54) is 33.1 Å². The van der Waals surface area contributed by atoms with E-state index in [0.717, 1.165) is 0 Å². The van der Waals surface area contributed by atoms with Gasteiger partial charge in [0.05, 0.1) is 33.3 Å². The predicted octanol–water partition coefficient (Wildman–Crippen LogP) is 1.56. The Kier molecular flexibility index (Phi) is 5.48. The largest absolute Gasteiger partial charge is 0.493 e. The van der Waals surface area contributed by atoms with Crippen molar-refractivity contribution in [3.8, 4) is 17.2 Å². The fraction of sp³-hybridized carbons (Fsp3) is 0.308. The van der Waals surface area contributed by atoms with Gasteiger partial charge >= 0.3 is 0 Å². The van der Waals surface area contributed by atoms with Crippen LogP contribution in [0.1, 0.15) is 0 Å². The van der Waals surface area contributed by atoms with E-state index in [1.54, 1.807) is 18.3 Å². The minimum Gasteiger partial charge on any atom is -0.493 e. The van der Waals surface area contributed by atoms with Gasteiger partial charge in [0, 0.05) is 17.8 Å². The highest BCUT2D eigenvalue weighted by molar-refractivity contribution is 7.99. The lowest BCUT2D eigenvalue weighted by atomic mass is 10.2. The third-order valence-electron chi connectivity index (χ3n) is 2.69. The Hall–Kier alpha value is -2.42. The Morgan fingerprint density at radius 2 is 1.91 bits per heavy atom. The van der Waals surface area contributed by atoms with Crippen molar-refractivity contribution in [3.05, 3.63) is 18.3 Å². The van der Waals surface area contributed by atoms with Crippen LogP contribution in [0.3, 0.4) is 0 Å². The maximum atomic E-state index is 12.0. The number of hydrogen-bond acceptors (Lipinski definition) is 7. The second-order valence-corrected chi connectivity index (χ2v) is 5.05. The lowest BCUT2D eigenvalue weighted by Crippen LogP contribution is -2.14. The van der Waals surface area contributed by atoms with Crippen molar-refractivity contribution in [3.63, 3.8) is 0 Å². The number of aromatic nitrogens is 3. The number of nitrogens with one attached hydrogen (secondary N) is 2. The summed E-state index contributed by atoms with van der Waals surface area (Å²) in [5.74, 6) is 1.45. The van der Waals surface area contributed by atoms with Gasteiger partial charge in [0.15, 0.2) is 11.5 Å². The molecule has 22 heavy (non-hydrogen) atoms. The van der Waals surface area contributed by atoms with E-state index in [2.05, 4.69) is 20.7 Å². The Morgan fingerprint density at radius 3 is 2.41 bits per heavy atom. The first-order valence-corrected chi connectivity index (χ1v) is 7.25. The summed E-state index contributed by atoms with van der Waals surface area (Å²) in [7, 11) is 4.56.